The van der Waals surface area contributed by atoms with Gasteiger partial charge in [0.05, 0.1) is 23.4 Å². The molecule has 0 aliphatic heterocycles. The van der Waals surface area contributed by atoms with Gasteiger partial charge in [0.1, 0.15) is 0 Å². The van der Waals surface area contributed by atoms with Crippen LogP contribution in [0.3, 0.4) is 0 Å². The molecule has 0 aliphatic carbocycles. The van der Waals surface area contributed by atoms with Crippen LogP contribution in [-0.4, -0.2) is 23.2 Å². The number of esters is 1. The standard InChI is InChI=1S/C20H19N3O5/c1-3-11-23-16-10-9-13(12-17(16)28-20(23)26)21-19(25)22-15-8-6-5-7-14(15)18(24)27-4-2/h3,5-10,12H,1,4,11H2,2H3,(H2,21,22,25). The Morgan fingerprint density at radius 3 is 2.75 bits per heavy atom. The number of benzene rings is 2. The van der Waals surface area contributed by atoms with E-state index in [1.165, 1.54) is 4.57 Å². The van der Waals surface area contributed by atoms with Crippen LogP contribution in [0.1, 0.15) is 17.3 Å². The molecule has 2 amide bonds. The highest BCUT2D eigenvalue weighted by atomic mass is 16.5. The monoisotopic (exact) mass is 381 g/mol. The van der Waals surface area contributed by atoms with Crippen molar-refractivity contribution in [3.05, 3.63) is 71.2 Å². The average molecular weight is 381 g/mol. The van der Waals surface area contributed by atoms with E-state index in [9.17, 15) is 14.4 Å². The maximum atomic E-state index is 12.3. The van der Waals surface area contributed by atoms with Crippen LogP contribution in [0.5, 0.6) is 0 Å². The first-order valence-corrected chi connectivity index (χ1v) is 8.62. The highest BCUT2D eigenvalue weighted by Crippen LogP contribution is 2.20. The van der Waals surface area contributed by atoms with Gasteiger partial charge in [-0.1, -0.05) is 18.2 Å². The molecule has 0 bridgehead atoms. The summed E-state index contributed by atoms with van der Waals surface area (Å²) >= 11 is 0. The second-order valence-electron chi connectivity index (χ2n) is 5.79. The number of allylic oxidation sites excluding steroid dienone is 1. The van der Waals surface area contributed by atoms with E-state index < -0.39 is 17.8 Å². The van der Waals surface area contributed by atoms with Crippen molar-refractivity contribution >= 4 is 34.5 Å². The molecule has 0 saturated heterocycles. The van der Waals surface area contributed by atoms with Crippen LogP contribution in [0.15, 0.2) is 64.3 Å². The lowest BCUT2D eigenvalue weighted by molar-refractivity contribution is 0.0527. The van der Waals surface area contributed by atoms with Crippen molar-refractivity contribution in [3.63, 3.8) is 0 Å². The van der Waals surface area contributed by atoms with Gasteiger partial charge in [0, 0.05) is 18.3 Å². The van der Waals surface area contributed by atoms with Gasteiger partial charge < -0.3 is 19.8 Å². The number of carbonyl (C=O) groups excluding carboxylic acids is 2. The summed E-state index contributed by atoms with van der Waals surface area (Å²) in [6.45, 7) is 5.87. The Hall–Kier alpha value is -3.81. The zero-order valence-electron chi connectivity index (χ0n) is 15.2. The van der Waals surface area contributed by atoms with E-state index in [4.69, 9.17) is 9.15 Å². The van der Waals surface area contributed by atoms with E-state index in [0.29, 0.717) is 29.0 Å². The summed E-state index contributed by atoms with van der Waals surface area (Å²) in [6.07, 6.45) is 1.59. The molecule has 0 fully saturated rings. The first-order valence-electron chi connectivity index (χ1n) is 8.62. The molecule has 144 valence electrons. The minimum Gasteiger partial charge on any atom is -0.462 e. The van der Waals surface area contributed by atoms with Gasteiger partial charge in [-0.2, -0.15) is 0 Å². The summed E-state index contributed by atoms with van der Waals surface area (Å²) in [4.78, 5) is 36.2. The number of rotatable bonds is 6. The maximum Gasteiger partial charge on any atom is 0.420 e. The van der Waals surface area contributed by atoms with Gasteiger partial charge in [0.2, 0.25) is 0 Å². The Morgan fingerprint density at radius 2 is 2.00 bits per heavy atom. The van der Waals surface area contributed by atoms with E-state index in [2.05, 4.69) is 17.2 Å². The lowest BCUT2D eigenvalue weighted by Crippen LogP contribution is -2.21. The Kier molecular flexibility index (Phi) is 5.59. The van der Waals surface area contributed by atoms with Crippen molar-refractivity contribution in [3.8, 4) is 0 Å². The minimum absolute atomic E-state index is 0.232. The molecule has 0 unspecified atom stereocenters. The topological polar surface area (TPSA) is 103 Å². The van der Waals surface area contributed by atoms with Gasteiger partial charge in [-0.25, -0.2) is 14.4 Å². The number of carbonyl (C=O) groups is 2. The largest absolute Gasteiger partial charge is 0.462 e. The van der Waals surface area contributed by atoms with E-state index in [-0.39, 0.29) is 12.2 Å². The van der Waals surface area contributed by atoms with Crippen molar-refractivity contribution in [2.24, 2.45) is 0 Å². The number of hydrogen-bond donors (Lipinski definition) is 2. The molecule has 0 radical (unpaired) electrons. The van der Waals surface area contributed by atoms with Crippen LogP contribution in [0.4, 0.5) is 16.2 Å². The van der Waals surface area contributed by atoms with Crippen LogP contribution in [0, 0.1) is 0 Å². The third-order valence-corrected chi connectivity index (χ3v) is 3.91. The van der Waals surface area contributed by atoms with Crippen LogP contribution < -0.4 is 16.4 Å². The zero-order valence-corrected chi connectivity index (χ0v) is 15.2. The molecule has 1 heterocycles. The van der Waals surface area contributed by atoms with E-state index in [1.807, 2.05) is 0 Å². The number of aromatic nitrogens is 1. The Morgan fingerprint density at radius 1 is 1.21 bits per heavy atom. The fourth-order valence-corrected chi connectivity index (χ4v) is 2.71. The third kappa shape index (κ3) is 3.96. The summed E-state index contributed by atoms with van der Waals surface area (Å²) in [5.74, 6) is -1.02. The Balaban J connectivity index is 1.78. The Bertz CT molecular complexity index is 1100. The van der Waals surface area contributed by atoms with Crippen molar-refractivity contribution < 1.29 is 18.7 Å². The first-order chi connectivity index (χ1) is 13.5. The fourth-order valence-electron chi connectivity index (χ4n) is 2.71. The normalized spacial score (nSPS) is 10.5. The number of urea groups is 1. The van der Waals surface area contributed by atoms with Crippen molar-refractivity contribution in [1.82, 2.24) is 4.57 Å². The number of anilines is 2. The number of oxazole rings is 1. The highest BCUT2D eigenvalue weighted by Gasteiger charge is 2.15. The highest BCUT2D eigenvalue weighted by molar-refractivity contribution is 6.05. The molecule has 0 spiro atoms. The van der Waals surface area contributed by atoms with Crippen molar-refractivity contribution in [2.45, 2.75) is 13.5 Å². The summed E-state index contributed by atoms with van der Waals surface area (Å²) in [7, 11) is 0. The van der Waals surface area contributed by atoms with Crippen LogP contribution in [-0.2, 0) is 11.3 Å². The number of amides is 2. The molecular formula is C20H19N3O5. The molecule has 3 rings (SSSR count). The van der Waals surface area contributed by atoms with E-state index >= 15 is 0 Å². The van der Waals surface area contributed by atoms with Crippen molar-refractivity contribution in [2.75, 3.05) is 17.2 Å². The van der Waals surface area contributed by atoms with Gasteiger partial charge in [0.15, 0.2) is 5.58 Å². The Labute approximate surface area is 160 Å². The smallest absolute Gasteiger partial charge is 0.420 e. The molecule has 1 aromatic heterocycles. The molecule has 28 heavy (non-hydrogen) atoms. The maximum absolute atomic E-state index is 12.3. The molecule has 8 heteroatoms. The number of nitrogens with one attached hydrogen (secondary N) is 2. The second kappa shape index (κ2) is 8.26. The average Bonchev–Trinajstić information content (AvgIpc) is 2.97. The number of para-hydroxylation sites is 1. The summed E-state index contributed by atoms with van der Waals surface area (Å²) in [5.41, 5.74) is 1.95. The lowest BCUT2D eigenvalue weighted by Gasteiger charge is -2.11. The second-order valence-corrected chi connectivity index (χ2v) is 5.79. The number of ether oxygens (including phenoxy) is 1. The number of hydrogen-bond acceptors (Lipinski definition) is 5. The first kappa shape index (κ1) is 19.0. The van der Waals surface area contributed by atoms with Gasteiger partial charge in [-0.15, -0.1) is 6.58 Å². The van der Waals surface area contributed by atoms with E-state index in [1.54, 1.807) is 55.5 Å². The zero-order chi connectivity index (χ0) is 20.1. The molecule has 2 aromatic carbocycles. The van der Waals surface area contributed by atoms with Gasteiger partial charge in [0.25, 0.3) is 0 Å². The molecule has 2 N–H and O–H groups in total. The molecular weight excluding hydrogens is 362 g/mol. The van der Waals surface area contributed by atoms with E-state index in [0.717, 1.165) is 0 Å². The molecule has 0 saturated carbocycles. The molecule has 3 aromatic rings. The fraction of sp³-hybridized carbons (Fsp3) is 0.150. The molecule has 8 nitrogen and oxygen atoms in total. The van der Waals surface area contributed by atoms with Gasteiger partial charge in [-0.05, 0) is 31.2 Å². The predicted molar refractivity (Wildman–Crippen MR) is 106 cm³/mol. The summed E-state index contributed by atoms with van der Waals surface area (Å²) in [5, 5.41) is 5.27. The molecule has 0 atom stereocenters. The van der Waals surface area contributed by atoms with Gasteiger partial charge >= 0.3 is 17.8 Å². The summed E-state index contributed by atoms with van der Waals surface area (Å²) in [6, 6.07) is 10.9. The van der Waals surface area contributed by atoms with Crippen molar-refractivity contribution in [1.29, 1.82) is 0 Å². The number of fused-ring (bicyclic) bond motifs is 1. The SMILES string of the molecule is C=CCn1c(=O)oc2cc(NC(=O)Nc3ccccc3C(=O)OCC)ccc21. The minimum atomic E-state index is -0.552. The van der Waals surface area contributed by atoms with Crippen LogP contribution in [0.25, 0.3) is 11.1 Å². The van der Waals surface area contributed by atoms with Crippen LogP contribution >= 0.6 is 0 Å². The third-order valence-electron chi connectivity index (χ3n) is 3.91. The predicted octanol–water partition coefficient (Wildman–Crippen LogP) is 3.60. The van der Waals surface area contributed by atoms with Crippen LogP contribution in [0.2, 0.25) is 0 Å². The quantitative estimate of drug-likeness (QED) is 0.502. The molecule has 0 aliphatic rings. The number of nitrogens with zero attached hydrogens (tertiary/aromatic N) is 1. The lowest BCUT2D eigenvalue weighted by atomic mass is 10.2. The van der Waals surface area contributed by atoms with Gasteiger partial charge in [-0.3, -0.25) is 4.57 Å². The summed E-state index contributed by atoms with van der Waals surface area (Å²) < 4.78 is 11.6.